The number of carbonyl (C=O) groups is 1. The van der Waals surface area contributed by atoms with E-state index in [4.69, 9.17) is 5.73 Å². The lowest BCUT2D eigenvalue weighted by Crippen LogP contribution is -2.17. The van der Waals surface area contributed by atoms with E-state index >= 15 is 0 Å². The number of nitrogens with zero attached hydrogens (tertiary/aromatic N) is 2. The van der Waals surface area contributed by atoms with Crippen molar-refractivity contribution in [3.05, 3.63) is 18.0 Å². The van der Waals surface area contributed by atoms with E-state index in [2.05, 4.69) is 15.3 Å². The number of rotatable bonds is 5. The highest BCUT2D eigenvalue weighted by Crippen LogP contribution is 2.32. The Kier molecular flexibility index (Phi) is 3.90. The molecule has 0 aromatic carbocycles. The number of aromatic nitrogens is 2. The van der Waals surface area contributed by atoms with E-state index in [1.54, 1.807) is 6.20 Å². The standard InChI is InChI=1S/C12H18N4O/c13-11(17)6-8-15-12-14-7-5-10(16-12)9-3-1-2-4-9/h5,7,9H,1-4,6,8H2,(H2,13,17)(H,14,15,16). The van der Waals surface area contributed by atoms with E-state index in [1.807, 2.05) is 6.07 Å². The predicted octanol–water partition coefficient (Wildman–Crippen LogP) is 1.42. The maximum atomic E-state index is 10.6. The number of hydrogen-bond donors (Lipinski definition) is 2. The van der Waals surface area contributed by atoms with Gasteiger partial charge in [-0.3, -0.25) is 4.79 Å². The summed E-state index contributed by atoms with van der Waals surface area (Å²) in [6.07, 6.45) is 7.10. The average molecular weight is 234 g/mol. The van der Waals surface area contributed by atoms with E-state index in [-0.39, 0.29) is 5.91 Å². The zero-order chi connectivity index (χ0) is 12.1. The van der Waals surface area contributed by atoms with Crippen molar-refractivity contribution >= 4 is 11.9 Å². The molecular formula is C12H18N4O. The van der Waals surface area contributed by atoms with Crippen molar-refractivity contribution in [3.8, 4) is 0 Å². The zero-order valence-corrected chi connectivity index (χ0v) is 9.85. The topological polar surface area (TPSA) is 80.9 Å². The van der Waals surface area contributed by atoms with E-state index < -0.39 is 0 Å². The van der Waals surface area contributed by atoms with Crippen LogP contribution < -0.4 is 11.1 Å². The van der Waals surface area contributed by atoms with Crippen LogP contribution in [0.2, 0.25) is 0 Å². The van der Waals surface area contributed by atoms with Crippen LogP contribution >= 0.6 is 0 Å². The highest BCUT2D eigenvalue weighted by Gasteiger charge is 2.18. The fourth-order valence-electron chi connectivity index (χ4n) is 2.20. The summed E-state index contributed by atoms with van der Waals surface area (Å²) in [7, 11) is 0. The maximum absolute atomic E-state index is 10.6. The van der Waals surface area contributed by atoms with Crippen molar-refractivity contribution in [2.24, 2.45) is 5.73 Å². The Morgan fingerprint density at radius 3 is 2.94 bits per heavy atom. The van der Waals surface area contributed by atoms with E-state index in [0.717, 1.165) is 5.69 Å². The monoisotopic (exact) mass is 234 g/mol. The number of nitrogens with one attached hydrogen (secondary N) is 1. The smallest absolute Gasteiger partial charge is 0.222 e. The molecule has 1 aliphatic rings. The van der Waals surface area contributed by atoms with Gasteiger partial charge in [-0.1, -0.05) is 12.8 Å². The van der Waals surface area contributed by atoms with Crippen LogP contribution in [0.15, 0.2) is 12.3 Å². The van der Waals surface area contributed by atoms with Gasteiger partial charge in [0.05, 0.1) is 0 Å². The highest BCUT2D eigenvalue weighted by atomic mass is 16.1. The van der Waals surface area contributed by atoms with E-state index in [1.165, 1.54) is 25.7 Å². The predicted molar refractivity (Wildman–Crippen MR) is 65.5 cm³/mol. The number of amides is 1. The van der Waals surface area contributed by atoms with Gasteiger partial charge in [-0.05, 0) is 18.9 Å². The molecule has 0 saturated heterocycles. The summed E-state index contributed by atoms with van der Waals surface area (Å²) in [6, 6.07) is 1.98. The van der Waals surface area contributed by atoms with Crippen molar-refractivity contribution < 1.29 is 4.79 Å². The summed E-state index contributed by atoms with van der Waals surface area (Å²) >= 11 is 0. The minimum atomic E-state index is -0.315. The molecule has 0 atom stereocenters. The lowest BCUT2D eigenvalue weighted by Gasteiger charge is -2.10. The third-order valence-electron chi connectivity index (χ3n) is 3.11. The Morgan fingerprint density at radius 1 is 1.47 bits per heavy atom. The van der Waals surface area contributed by atoms with Crippen LogP contribution in [-0.4, -0.2) is 22.4 Å². The van der Waals surface area contributed by atoms with Crippen LogP contribution in [0.25, 0.3) is 0 Å². The number of anilines is 1. The Balaban J connectivity index is 1.93. The van der Waals surface area contributed by atoms with Crippen LogP contribution in [0.5, 0.6) is 0 Å². The molecule has 0 aliphatic heterocycles. The molecule has 1 aromatic rings. The SMILES string of the molecule is NC(=O)CCNc1nccc(C2CCCC2)n1. The number of nitrogens with two attached hydrogens (primary N) is 1. The second kappa shape index (κ2) is 5.61. The van der Waals surface area contributed by atoms with Gasteiger partial charge in [0.25, 0.3) is 0 Å². The van der Waals surface area contributed by atoms with Crippen LogP contribution in [-0.2, 0) is 4.79 Å². The second-order valence-corrected chi connectivity index (χ2v) is 4.43. The minimum Gasteiger partial charge on any atom is -0.370 e. The van der Waals surface area contributed by atoms with Gasteiger partial charge in [-0.15, -0.1) is 0 Å². The fourth-order valence-corrected chi connectivity index (χ4v) is 2.20. The summed E-state index contributed by atoms with van der Waals surface area (Å²) in [6.45, 7) is 0.490. The normalized spacial score (nSPS) is 16.0. The van der Waals surface area contributed by atoms with Crippen molar-refractivity contribution in [1.29, 1.82) is 0 Å². The van der Waals surface area contributed by atoms with Crippen LogP contribution in [0.3, 0.4) is 0 Å². The van der Waals surface area contributed by atoms with Gasteiger partial charge >= 0.3 is 0 Å². The number of hydrogen-bond acceptors (Lipinski definition) is 4. The van der Waals surface area contributed by atoms with Gasteiger partial charge in [-0.2, -0.15) is 0 Å². The van der Waals surface area contributed by atoms with Gasteiger partial charge in [0.1, 0.15) is 0 Å². The van der Waals surface area contributed by atoms with Crippen LogP contribution in [0.4, 0.5) is 5.95 Å². The van der Waals surface area contributed by atoms with Gasteiger partial charge in [0, 0.05) is 30.8 Å². The average Bonchev–Trinajstić information content (AvgIpc) is 2.82. The molecular weight excluding hydrogens is 216 g/mol. The Bertz CT molecular complexity index is 388. The molecule has 1 amide bonds. The molecule has 1 aliphatic carbocycles. The number of carbonyl (C=O) groups excluding carboxylic acids is 1. The molecule has 5 heteroatoms. The minimum absolute atomic E-state index is 0.303. The molecule has 0 radical (unpaired) electrons. The molecule has 1 saturated carbocycles. The van der Waals surface area contributed by atoms with Gasteiger partial charge in [0.2, 0.25) is 11.9 Å². The Morgan fingerprint density at radius 2 is 2.24 bits per heavy atom. The lowest BCUT2D eigenvalue weighted by molar-refractivity contribution is -0.117. The molecule has 1 fully saturated rings. The third kappa shape index (κ3) is 3.41. The molecule has 1 heterocycles. The molecule has 0 spiro atoms. The summed E-state index contributed by atoms with van der Waals surface area (Å²) in [5, 5.41) is 3.02. The summed E-state index contributed by atoms with van der Waals surface area (Å²) < 4.78 is 0. The zero-order valence-electron chi connectivity index (χ0n) is 9.85. The molecule has 1 aromatic heterocycles. The first-order valence-electron chi connectivity index (χ1n) is 6.11. The van der Waals surface area contributed by atoms with Crippen molar-refractivity contribution in [3.63, 3.8) is 0 Å². The Hall–Kier alpha value is -1.65. The quantitative estimate of drug-likeness (QED) is 0.807. The number of primary amides is 1. The van der Waals surface area contributed by atoms with Crippen LogP contribution in [0.1, 0.15) is 43.7 Å². The van der Waals surface area contributed by atoms with Crippen molar-refractivity contribution in [2.75, 3.05) is 11.9 Å². The maximum Gasteiger partial charge on any atom is 0.222 e. The van der Waals surface area contributed by atoms with Crippen LogP contribution in [0, 0.1) is 0 Å². The molecule has 0 bridgehead atoms. The lowest BCUT2D eigenvalue weighted by atomic mass is 10.0. The molecule has 92 valence electrons. The molecule has 3 N–H and O–H groups in total. The molecule has 2 rings (SSSR count). The van der Waals surface area contributed by atoms with Crippen molar-refractivity contribution in [2.45, 2.75) is 38.0 Å². The largest absolute Gasteiger partial charge is 0.370 e. The van der Waals surface area contributed by atoms with Gasteiger partial charge in [-0.25, -0.2) is 9.97 Å². The molecule has 0 unspecified atom stereocenters. The second-order valence-electron chi connectivity index (χ2n) is 4.43. The van der Waals surface area contributed by atoms with E-state index in [9.17, 15) is 4.79 Å². The van der Waals surface area contributed by atoms with Gasteiger partial charge < -0.3 is 11.1 Å². The third-order valence-corrected chi connectivity index (χ3v) is 3.11. The first-order valence-corrected chi connectivity index (χ1v) is 6.11. The summed E-state index contributed by atoms with van der Waals surface area (Å²) in [5.74, 6) is 0.856. The van der Waals surface area contributed by atoms with E-state index in [0.29, 0.717) is 24.8 Å². The molecule has 5 nitrogen and oxygen atoms in total. The summed E-state index contributed by atoms with van der Waals surface area (Å²) in [5.41, 5.74) is 6.18. The fraction of sp³-hybridized carbons (Fsp3) is 0.583. The van der Waals surface area contributed by atoms with Crippen molar-refractivity contribution in [1.82, 2.24) is 9.97 Å². The first-order chi connectivity index (χ1) is 8.25. The van der Waals surface area contributed by atoms with Gasteiger partial charge in [0.15, 0.2) is 0 Å². The highest BCUT2D eigenvalue weighted by molar-refractivity contribution is 5.74. The summed E-state index contributed by atoms with van der Waals surface area (Å²) in [4.78, 5) is 19.2. The first kappa shape index (κ1) is 11.8. The Labute approximate surface area is 101 Å². The molecule has 17 heavy (non-hydrogen) atoms.